The molecule has 1 N–H and O–H groups in total. The predicted octanol–water partition coefficient (Wildman–Crippen LogP) is 3.97. The lowest BCUT2D eigenvalue weighted by Crippen LogP contribution is -2.00. The molecular formula is C17H11NO5. The van der Waals surface area contributed by atoms with Crippen LogP contribution in [0.15, 0.2) is 59.0 Å². The van der Waals surface area contributed by atoms with Gasteiger partial charge >= 0.3 is 11.9 Å². The zero-order valence-electron chi connectivity index (χ0n) is 11.8. The summed E-state index contributed by atoms with van der Waals surface area (Å²) in [7, 11) is 0. The second kappa shape index (κ2) is 5.76. The third-order valence-electron chi connectivity index (χ3n) is 3.39. The molecule has 0 atom stereocenters. The Balaban J connectivity index is 2.16. The summed E-state index contributed by atoms with van der Waals surface area (Å²) in [5.41, 5.74) is 0.528. The van der Waals surface area contributed by atoms with E-state index in [1.165, 1.54) is 18.2 Å². The molecule has 0 bridgehead atoms. The number of nitrogens with zero attached hydrogens (tertiary/aromatic N) is 1. The number of fused-ring (bicyclic) bond motifs is 1. The van der Waals surface area contributed by atoms with Crippen molar-refractivity contribution in [3.8, 4) is 0 Å². The fourth-order valence-corrected chi connectivity index (χ4v) is 2.38. The predicted molar refractivity (Wildman–Crippen MR) is 84.8 cm³/mol. The molecule has 6 nitrogen and oxygen atoms in total. The zero-order valence-corrected chi connectivity index (χ0v) is 11.8. The topological polar surface area (TPSA) is 93.6 Å². The summed E-state index contributed by atoms with van der Waals surface area (Å²) >= 11 is 0. The number of benzene rings is 2. The summed E-state index contributed by atoms with van der Waals surface area (Å²) in [6.07, 6.45) is 1.29. The van der Waals surface area contributed by atoms with Crippen molar-refractivity contribution in [3.05, 3.63) is 76.0 Å². The fourth-order valence-electron chi connectivity index (χ4n) is 2.38. The molecule has 0 aliphatic carbocycles. The molecule has 3 aromatic rings. The molecule has 6 heteroatoms. The Labute approximate surface area is 130 Å². The third-order valence-corrected chi connectivity index (χ3v) is 3.39. The van der Waals surface area contributed by atoms with Gasteiger partial charge in [0.15, 0.2) is 0 Å². The van der Waals surface area contributed by atoms with Gasteiger partial charge in [0, 0.05) is 0 Å². The molecule has 114 valence electrons. The first kappa shape index (κ1) is 14.5. The number of carbonyl (C=O) groups is 1. The van der Waals surface area contributed by atoms with Crippen molar-refractivity contribution in [2.75, 3.05) is 0 Å². The number of carboxylic acid groups (broad SMARTS) is 1. The highest BCUT2D eigenvalue weighted by Crippen LogP contribution is 2.28. The first-order valence-electron chi connectivity index (χ1n) is 6.73. The standard InChI is InChI=1S/C17H11NO5/c19-17(20)15(10-12-8-9-16(23-12)18(21)22)14-7-3-5-11-4-1-2-6-13(11)14/h1-10H,(H,19,20). The van der Waals surface area contributed by atoms with Crippen molar-refractivity contribution in [1.29, 1.82) is 0 Å². The van der Waals surface area contributed by atoms with Crippen molar-refractivity contribution >= 4 is 34.3 Å². The first-order chi connectivity index (χ1) is 11.1. The number of hydrogen-bond donors (Lipinski definition) is 1. The van der Waals surface area contributed by atoms with Gasteiger partial charge in [0.1, 0.15) is 10.7 Å². The van der Waals surface area contributed by atoms with E-state index in [2.05, 4.69) is 0 Å². The van der Waals surface area contributed by atoms with Crippen molar-refractivity contribution in [2.24, 2.45) is 0 Å². The summed E-state index contributed by atoms with van der Waals surface area (Å²) in [5, 5.41) is 21.9. The molecule has 2 aromatic carbocycles. The maximum atomic E-state index is 11.6. The Kier molecular flexibility index (Phi) is 3.64. The van der Waals surface area contributed by atoms with Gasteiger partial charge in [-0.1, -0.05) is 42.5 Å². The summed E-state index contributed by atoms with van der Waals surface area (Å²) in [5.74, 6) is -1.46. The van der Waals surface area contributed by atoms with Gasteiger partial charge in [-0.05, 0) is 28.5 Å². The lowest BCUT2D eigenvalue weighted by Gasteiger charge is -2.07. The van der Waals surface area contributed by atoms with Crippen molar-refractivity contribution in [3.63, 3.8) is 0 Å². The molecule has 0 aliphatic rings. The molecule has 0 amide bonds. The van der Waals surface area contributed by atoms with Gasteiger partial charge in [-0.15, -0.1) is 0 Å². The highest BCUT2D eigenvalue weighted by molar-refractivity contribution is 6.23. The Morgan fingerprint density at radius 3 is 2.52 bits per heavy atom. The molecular weight excluding hydrogens is 298 g/mol. The molecule has 0 fully saturated rings. The number of hydrogen-bond acceptors (Lipinski definition) is 4. The molecule has 0 spiro atoms. The van der Waals surface area contributed by atoms with Crippen LogP contribution in [0.1, 0.15) is 11.3 Å². The third kappa shape index (κ3) is 2.82. The van der Waals surface area contributed by atoms with Crippen molar-refractivity contribution < 1.29 is 19.2 Å². The van der Waals surface area contributed by atoms with Crippen LogP contribution in [-0.2, 0) is 4.79 Å². The number of aliphatic carboxylic acids is 1. The van der Waals surface area contributed by atoms with Crippen LogP contribution in [0, 0.1) is 10.1 Å². The quantitative estimate of drug-likeness (QED) is 0.447. The Bertz CT molecular complexity index is 934. The smallest absolute Gasteiger partial charge is 0.433 e. The number of rotatable bonds is 4. The van der Waals surface area contributed by atoms with Gasteiger partial charge in [0.25, 0.3) is 0 Å². The number of nitro groups is 1. The van der Waals surface area contributed by atoms with E-state index in [9.17, 15) is 20.0 Å². The maximum absolute atomic E-state index is 11.6. The van der Waals surface area contributed by atoms with Crippen LogP contribution in [0.2, 0.25) is 0 Å². The van der Waals surface area contributed by atoms with Gasteiger partial charge in [-0.2, -0.15) is 0 Å². The summed E-state index contributed by atoms with van der Waals surface area (Å²) in [6.45, 7) is 0. The van der Waals surface area contributed by atoms with Gasteiger partial charge in [0.05, 0.1) is 11.6 Å². The summed E-state index contributed by atoms with van der Waals surface area (Å²) in [6, 6.07) is 15.3. The molecule has 3 rings (SSSR count). The number of furan rings is 1. The van der Waals surface area contributed by atoms with Crippen LogP contribution in [0.25, 0.3) is 22.4 Å². The monoisotopic (exact) mass is 309 g/mol. The molecule has 1 aromatic heterocycles. The van der Waals surface area contributed by atoms with E-state index >= 15 is 0 Å². The van der Waals surface area contributed by atoms with Crippen LogP contribution in [0.4, 0.5) is 5.88 Å². The SMILES string of the molecule is O=C(O)C(=Cc1ccc([N+](=O)[O-])o1)c1cccc2ccccc12. The largest absolute Gasteiger partial charge is 0.478 e. The van der Waals surface area contributed by atoms with Gasteiger partial charge in [0.2, 0.25) is 0 Å². The molecule has 1 heterocycles. The van der Waals surface area contributed by atoms with Crippen LogP contribution >= 0.6 is 0 Å². The highest BCUT2D eigenvalue weighted by atomic mass is 16.6. The first-order valence-corrected chi connectivity index (χ1v) is 6.73. The molecule has 0 radical (unpaired) electrons. The van der Waals surface area contributed by atoms with Crippen LogP contribution in [-0.4, -0.2) is 16.0 Å². The van der Waals surface area contributed by atoms with E-state index < -0.39 is 16.8 Å². The van der Waals surface area contributed by atoms with Gasteiger partial charge < -0.3 is 9.52 Å². The van der Waals surface area contributed by atoms with E-state index in [1.807, 2.05) is 30.3 Å². The minimum absolute atomic E-state index is 0.00560. The van der Waals surface area contributed by atoms with Crippen LogP contribution < -0.4 is 0 Å². The van der Waals surface area contributed by atoms with Crippen molar-refractivity contribution in [2.45, 2.75) is 0 Å². The van der Waals surface area contributed by atoms with Gasteiger partial charge in [-0.25, -0.2) is 4.79 Å². The Morgan fingerprint density at radius 1 is 1.09 bits per heavy atom. The Morgan fingerprint density at radius 2 is 1.83 bits per heavy atom. The zero-order chi connectivity index (χ0) is 16.4. The molecule has 0 saturated heterocycles. The summed E-state index contributed by atoms with van der Waals surface area (Å²) < 4.78 is 5.02. The minimum atomic E-state index is -1.14. The van der Waals surface area contributed by atoms with Gasteiger partial charge in [-0.3, -0.25) is 10.1 Å². The lowest BCUT2D eigenvalue weighted by molar-refractivity contribution is -0.402. The van der Waals surface area contributed by atoms with E-state index in [0.717, 1.165) is 10.8 Å². The molecule has 0 unspecified atom stereocenters. The van der Waals surface area contributed by atoms with E-state index in [1.54, 1.807) is 12.1 Å². The van der Waals surface area contributed by atoms with Crippen molar-refractivity contribution in [1.82, 2.24) is 0 Å². The average Bonchev–Trinajstić information content (AvgIpc) is 3.01. The minimum Gasteiger partial charge on any atom is -0.478 e. The average molecular weight is 309 g/mol. The lowest BCUT2D eigenvalue weighted by atomic mass is 9.97. The van der Waals surface area contributed by atoms with E-state index in [4.69, 9.17) is 4.42 Å². The number of carboxylic acids is 1. The maximum Gasteiger partial charge on any atom is 0.433 e. The highest BCUT2D eigenvalue weighted by Gasteiger charge is 2.16. The van der Waals surface area contributed by atoms with Crippen LogP contribution in [0.3, 0.4) is 0 Å². The summed E-state index contributed by atoms with van der Waals surface area (Å²) in [4.78, 5) is 21.6. The normalized spacial score (nSPS) is 11.6. The fraction of sp³-hybridized carbons (Fsp3) is 0. The second-order valence-electron chi connectivity index (χ2n) is 4.82. The van der Waals surface area contributed by atoms with E-state index in [-0.39, 0.29) is 11.3 Å². The molecule has 0 saturated carbocycles. The molecule has 23 heavy (non-hydrogen) atoms. The Hall–Kier alpha value is -3.41. The van der Waals surface area contributed by atoms with E-state index in [0.29, 0.717) is 5.56 Å². The second-order valence-corrected chi connectivity index (χ2v) is 4.82. The van der Waals surface area contributed by atoms with Crippen LogP contribution in [0.5, 0.6) is 0 Å². The molecule has 0 aliphatic heterocycles.